The molecule has 0 atom stereocenters. The molecule has 8 heteroatoms. The Hall–Kier alpha value is -3.99. The molecular formula is C17H11N7O. The third kappa shape index (κ3) is 2.82. The summed E-state index contributed by atoms with van der Waals surface area (Å²) in [7, 11) is 0. The van der Waals surface area contributed by atoms with Crippen molar-refractivity contribution in [3.05, 3.63) is 60.6 Å². The number of benzene rings is 2. The third-order valence-electron chi connectivity index (χ3n) is 3.52. The first-order valence-corrected chi connectivity index (χ1v) is 7.41. The molecular weight excluding hydrogens is 318 g/mol. The van der Waals surface area contributed by atoms with Crippen LogP contribution in [-0.2, 0) is 0 Å². The van der Waals surface area contributed by atoms with Gasteiger partial charge in [0.2, 0.25) is 11.7 Å². The van der Waals surface area contributed by atoms with E-state index < -0.39 is 0 Å². The maximum atomic E-state index is 9.23. The van der Waals surface area contributed by atoms with E-state index in [0.717, 1.165) is 5.56 Å². The molecule has 0 saturated carbocycles. The van der Waals surface area contributed by atoms with Gasteiger partial charge in [-0.15, -0.1) is 10.2 Å². The second-order valence-electron chi connectivity index (χ2n) is 5.09. The molecule has 0 unspecified atom stereocenters. The number of aromatic nitrogens is 5. The number of allylic oxidation sites excluding steroid dienone is 1. The Balaban J connectivity index is 1.71. The number of nitrogens with one attached hydrogen (secondary N) is 2. The zero-order valence-corrected chi connectivity index (χ0v) is 12.8. The highest BCUT2D eigenvalue weighted by Crippen LogP contribution is 2.28. The van der Waals surface area contributed by atoms with Crippen LogP contribution in [0.3, 0.4) is 0 Å². The van der Waals surface area contributed by atoms with Gasteiger partial charge in [-0.2, -0.15) is 10.5 Å². The Morgan fingerprint density at radius 2 is 2.04 bits per heavy atom. The minimum absolute atomic E-state index is 0.215. The van der Waals surface area contributed by atoms with Crippen LogP contribution in [0.2, 0.25) is 0 Å². The minimum Gasteiger partial charge on any atom is -0.436 e. The van der Waals surface area contributed by atoms with Crippen molar-refractivity contribution in [2.45, 2.75) is 0 Å². The fourth-order valence-corrected chi connectivity index (χ4v) is 2.34. The van der Waals surface area contributed by atoms with Crippen molar-refractivity contribution < 1.29 is 4.42 Å². The highest BCUT2D eigenvalue weighted by Gasteiger charge is 2.11. The standard InChI is InChI=1S/C17H11N7O/c18-9-12(16-21-23-24-22-16)10-19-13-7-4-8-14-15(13)20-17(25-14)11-5-2-1-3-6-11/h1-8,10,19H,(H,21,22,23,24). The number of rotatable bonds is 4. The van der Waals surface area contributed by atoms with Gasteiger partial charge >= 0.3 is 0 Å². The van der Waals surface area contributed by atoms with Crippen LogP contribution in [0, 0.1) is 11.3 Å². The predicted molar refractivity (Wildman–Crippen MR) is 90.8 cm³/mol. The summed E-state index contributed by atoms with van der Waals surface area (Å²) in [4.78, 5) is 4.56. The molecule has 120 valence electrons. The zero-order chi connectivity index (χ0) is 17.1. The molecule has 0 amide bonds. The minimum atomic E-state index is 0.215. The Kier molecular flexibility index (Phi) is 3.65. The molecule has 2 heterocycles. The molecule has 2 aromatic heterocycles. The summed E-state index contributed by atoms with van der Waals surface area (Å²) in [5.41, 5.74) is 3.17. The van der Waals surface area contributed by atoms with E-state index in [1.54, 1.807) is 0 Å². The first kappa shape index (κ1) is 14.6. The lowest BCUT2D eigenvalue weighted by atomic mass is 10.2. The van der Waals surface area contributed by atoms with Crippen molar-refractivity contribution in [3.8, 4) is 17.5 Å². The molecule has 0 spiro atoms. The van der Waals surface area contributed by atoms with E-state index in [4.69, 9.17) is 4.42 Å². The number of hydrogen-bond donors (Lipinski definition) is 2. The molecule has 8 nitrogen and oxygen atoms in total. The number of anilines is 1. The van der Waals surface area contributed by atoms with E-state index in [2.05, 4.69) is 30.9 Å². The first-order chi connectivity index (χ1) is 12.3. The summed E-state index contributed by atoms with van der Waals surface area (Å²) in [6.45, 7) is 0. The summed E-state index contributed by atoms with van der Waals surface area (Å²) in [6, 6.07) is 17.2. The van der Waals surface area contributed by atoms with Crippen LogP contribution in [0.25, 0.3) is 28.1 Å². The van der Waals surface area contributed by atoms with Crippen LogP contribution in [0.1, 0.15) is 5.82 Å². The smallest absolute Gasteiger partial charge is 0.227 e. The molecule has 25 heavy (non-hydrogen) atoms. The monoisotopic (exact) mass is 329 g/mol. The molecule has 4 rings (SSSR count). The number of fused-ring (bicyclic) bond motifs is 1. The number of para-hydroxylation sites is 1. The van der Waals surface area contributed by atoms with Gasteiger partial charge in [0.1, 0.15) is 17.2 Å². The summed E-state index contributed by atoms with van der Waals surface area (Å²) >= 11 is 0. The number of oxazole rings is 1. The summed E-state index contributed by atoms with van der Waals surface area (Å²) < 4.78 is 5.82. The molecule has 0 radical (unpaired) electrons. The maximum absolute atomic E-state index is 9.23. The average molecular weight is 329 g/mol. The normalized spacial score (nSPS) is 11.4. The van der Waals surface area contributed by atoms with Crippen molar-refractivity contribution in [1.82, 2.24) is 25.6 Å². The van der Waals surface area contributed by atoms with Crippen LogP contribution >= 0.6 is 0 Å². The van der Waals surface area contributed by atoms with E-state index in [-0.39, 0.29) is 11.4 Å². The second kappa shape index (κ2) is 6.25. The van der Waals surface area contributed by atoms with E-state index in [0.29, 0.717) is 22.7 Å². The molecule has 4 aromatic rings. The van der Waals surface area contributed by atoms with Gasteiger partial charge in [-0.1, -0.05) is 24.3 Å². The van der Waals surface area contributed by atoms with E-state index in [1.165, 1.54) is 6.20 Å². The van der Waals surface area contributed by atoms with Gasteiger partial charge < -0.3 is 9.73 Å². The Bertz CT molecular complexity index is 1080. The molecule has 2 aromatic carbocycles. The molecule has 0 saturated heterocycles. The van der Waals surface area contributed by atoms with E-state index in [9.17, 15) is 5.26 Å². The summed E-state index contributed by atoms with van der Waals surface area (Å²) in [6.07, 6.45) is 1.51. The molecule has 0 aliphatic heterocycles. The highest BCUT2D eigenvalue weighted by atomic mass is 16.3. The van der Waals surface area contributed by atoms with Crippen LogP contribution in [0.15, 0.2) is 59.1 Å². The topological polar surface area (TPSA) is 116 Å². The Morgan fingerprint density at radius 1 is 1.16 bits per heavy atom. The lowest BCUT2D eigenvalue weighted by Gasteiger charge is -2.01. The number of H-pyrrole nitrogens is 1. The van der Waals surface area contributed by atoms with E-state index in [1.807, 2.05) is 54.6 Å². The van der Waals surface area contributed by atoms with Gasteiger partial charge in [-0.3, -0.25) is 0 Å². The number of nitriles is 1. The van der Waals surface area contributed by atoms with Crippen LogP contribution in [-0.4, -0.2) is 25.6 Å². The summed E-state index contributed by atoms with van der Waals surface area (Å²) in [5.74, 6) is 0.750. The SMILES string of the molecule is N#CC(=CNc1cccc2oc(-c3ccccc3)nc12)c1nn[nH]n1. The van der Waals surface area contributed by atoms with Crippen LogP contribution < -0.4 is 5.32 Å². The molecule has 0 fully saturated rings. The van der Waals surface area contributed by atoms with Crippen molar-refractivity contribution >= 4 is 22.4 Å². The number of hydrogen-bond acceptors (Lipinski definition) is 7. The van der Waals surface area contributed by atoms with Crippen LogP contribution in [0.4, 0.5) is 5.69 Å². The third-order valence-corrected chi connectivity index (χ3v) is 3.52. The van der Waals surface area contributed by atoms with Crippen LogP contribution in [0.5, 0.6) is 0 Å². The van der Waals surface area contributed by atoms with Gasteiger partial charge in [-0.25, -0.2) is 4.98 Å². The lowest BCUT2D eigenvalue weighted by molar-refractivity contribution is 0.620. The van der Waals surface area contributed by atoms with Gasteiger partial charge in [0, 0.05) is 11.8 Å². The van der Waals surface area contributed by atoms with Gasteiger partial charge in [0.25, 0.3) is 0 Å². The van der Waals surface area contributed by atoms with Crippen molar-refractivity contribution in [2.24, 2.45) is 0 Å². The van der Waals surface area contributed by atoms with Crippen molar-refractivity contribution in [2.75, 3.05) is 5.32 Å². The lowest BCUT2D eigenvalue weighted by Crippen LogP contribution is -1.93. The second-order valence-corrected chi connectivity index (χ2v) is 5.09. The van der Waals surface area contributed by atoms with Gasteiger partial charge in [-0.05, 0) is 29.5 Å². The van der Waals surface area contributed by atoms with Gasteiger partial charge in [0.05, 0.1) is 5.69 Å². The Morgan fingerprint density at radius 3 is 2.80 bits per heavy atom. The highest BCUT2D eigenvalue weighted by molar-refractivity contribution is 5.89. The van der Waals surface area contributed by atoms with Crippen molar-refractivity contribution in [3.63, 3.8) is 0 Å². The largest absolute Gasteiger partial charge is 0.436 e. The molecule has 0 aliphatic rings. The molecule has 0 aliphatic carbocycles. The average Bonchev–Trinajstić information content (AvgIpc) is 3.33. The Labute approximate surface area is 141 Å². The number of nitrogens with zero attached hydrogens (tertiary/aromatic N) is 5. The fraction of sp³-hybridized carbons (Fsp3) is 0. The molecule has 2 N–H and O–H groups in total. The fourth-order valence-electron chi connectivity index (χ4n) is 2.34. The molecule has 0 bridgehead atoms. The first-order valence-electron chi connectivity index (χ1n) is 7.41. The number of tetrazole rings is 1. The van der Waals surface area contributed by atoms with Gasteiger partial charge in [0.15, 0.2) is 5.58 Å². The van der Waals surface area contributed by atoms with E-state index >= 15 is 0 Å². The zero-order valence-electron chi connectivity index (χ0n) is 12.8. The maximum Gasteiger partial charge on any atom is 0.227 e. The quantitative estimate of drug-likeness (QED) is 0.553. The predicted octanol–water partition coefficient (Wildman–Crippen LogP) is 2.98. The summed E-state index contributed by atoms with van der Waals surface area (Å²) in [5, 5.41) is 25.6. The number of aromatic amines is 1. The van der Waals surface area contributed by atoms with Crippen molar-refractivity contribution in [1.29, 1.82) is 5.26 Å².